The van der Waals surface area contributed by atoms with Crippen LogP contribution in [0.2, 0.25) is 0 Å². The minimum absolute atomic E-state index is 0.542. The number of likely N-dealkylation sites (N-methyl/N-ethyl adjacent to an activating group) is 1. The molecular weight excluding hydrogens is 236 g/mol. The summed E-state index contributed by atoms with van der Waals surface area (Å²) in [5.74, 6) is 1.04. The summed E-state index contributed by atoms with van der Waals surface area (Å²) in [6.07, 6.45) is 4.31. The zero-order valence-corrected chi connectivity index (χ0v) is 11.3. The molecular formula is C15H20N4. The Bertz CT molecular complexity index is 549. The number of nitrogens with zero attached hydrogens (tertiary/aromatic N) is 3. The number of nitrogens with one attached hydrogen (secondary N) is 1. The first-order chi connectivity index (χ1) is 9.40. The zero-order valence-electron chi connectivity index (χ0n) is 11.3. The van der Waals surface area contributed by atoms with Crippen molar-refractivity contribution in [2.75, 3.05) is 24.5 Å². The van der Waals surface area contributed by atoms with Gasteiger partial charge in [-0.15, -0.1) is 5.10 Å². The van der Waals surface area contributed by atoms with Crippen molar-refractivity contribution in [3.8, 4) is 0 Å². The predicted octanol–water partition coefficient (Wildman–Crippen LogP) is 2.21. The molecule has 0 aliphatic carbocycles. The van der Waals surface area contributed by atoms with Crippen LogP contribution in [0.5, 0.6) is 0 Å². The Kier molecular flexibility index (Phi) is 3.60. The van der Waals surface area contributed by atoms with Gasteiger partial charge >= 0.3 is 0 Å². The maximum Gasteiger partial charge on any atom is 0.159 e. The summed E-state index contributed by atoms with van der Waals surface area (Å²) < 4.78 is 0. The van der Waals surface area contributed by atoms with Crippen molar-refractivity contribution in [2.45, 2.75) is 25.8 Å². The molecule has 1 fully saturated rings. The Morgan fingerprint density at radius 3 is 3.16 bits per heavy atom. The average Bonchev–Trinajstić information content (AvgIpc) is 2.92. The molecule has 0 saturated carbocycles. The third kappa shape index (κ3) is 2.40. The predicted molar refractivity (Wildman–Crippen MR) is 78.4 cm³/mol. The van der Waals surface area contributed by atoms with E-state index < -0.39 is 0 Å². The number of benzene rings is 1. The van der Waals surface area contributed by atoms with Gasteiger partial charge in [-0.05, 0) is 19.4 Å². The van der Waals surface area contributed by atoms with Gasteiger partial charge in [0.15, 0.2) is 5.82 Å². The number of hydrogen-bond acceptors (Lipinski definition) is 4. The van der Waals surface area contributed by atoms with Crippen molar-refractivity contribution >= 4 is 16.6 Å². The van der Waals surface area contributed by atoms with Crippen LogP contribution >= 0.6 is 0 Å². The van der Waals surface area contributed by atoms with E-state index >= 15 is 0 Å². The Hall–Kier alpha value is -1.68. The first kappa shape index (κ1) is 12.4. The molecule has 2 heterocycles. The van der Waals surface area contributed by atoms with Crippen molar-refractivity contribution in [3.63, 3.8) is 0 Å². The van der Waals surface area contributed by atoms with Gasteiger partial charge in [0.1, 0.15) is 0 Å². The molecule has 19 heavy (non-hydrogen) atoms. The van der Waals surface area contributed by atoms with E-state index in [1.54, 1.807) is 0 Å². The van der Waals surface area contributed by atoms with Crippen molar-refractivity contribution in [1.82, 2.24) is 15.5 Å². The maximum absolute atomic E-state index is 4.40. The van der Waals surface area contributed by atoms with Gasteiger partial charge in [0, 0.05) is 29.9 Å². The summed E-state index contributed by atoms with van der Waals surface area (Å²) in [6, 6.07) is 8.90. The van der Waals surface area contributed by atoms with Gasteiger partial charge in [-0.25, -0.2) is 0 Å². The van der Waals surface area contributed by atoms with Crippen LogP contribution in [0.1, 0.15) is 19.8 Å². The topological polar surface area (TPSA) is 41.0 Å². The lowest BCUT2D eigenvalue weighted by molar-refractivity contribution is 0.584. The Morgan fingerprint density at radius 2 is 2.26 bits per heavy atom. The molecule has 3 rings (SSSR count). The van der Waals surface area contributed by atoms with Crippen molar-refractivity contribution in [3.05, 3.63) is 30.5 Å². The largest absolute Gasteiger partial charge is 0.350 e. The second kappa shape index (κ2) is 5.53. The van der Waals surface area contributed by atoms with Crippen LogP contribution in [0.15, 0.2) is 30.5 Å². The fraction of sp³-hybridized carbons (Fsp3) is 0.467. The van der Waals surface area contributed by atoms with Gasteiger partial charge < -0.3 is 10.2 Å². The molecule has 100 valence electrons. The molecule has 0 radical (unpaired) electrons. The van der Waals surface area contributed by atoms with Crippen molar-refractivity contribution in [2.24, 2.45) is 0 Å². The highest BCUT2D eigenvalue weighted by Crippen LogP contribution is 2.29. The van der Waals surface area contributed by atoms with Gasteiger partial charge in [-0.1, -0.05) is 31.2 Å². The lowest BCUT2D eigenvalue weighted by atomic mass is 10.1. The van der Waals surface area contributed by atoms with Crippen LogP contribution in [0.4, 0.5) is 5.82 Å². The van der Waals surface area contributed by atoms with E-state index in [1.807, 2.05) is 12.3 Å². The molecule has 0 spiro atoms. The van der Waals surface area contributed by atoms with E-state index in [4.69, 9.17) is 0 Å². The van der Waals surface area contributed by atoms with Crippen LogP contribution < -0.4 is 10.2 Å². The van der Waals surface area contributed by atoms with Crippen LogP contribution in [0.25, 0.3) is 10.8 Å². The van der Waals surface area contributed by atoms with E-state index in [0.29, 0.717) is 6.04 Å². The molecule has 0 bridgehead atoms. The smallest absolute Gasteiger partial charge is 0.159 e. The molecule has 4 heteroatoms. The van der Waals surface area contributed by atoms with Crippen LogP contribution in [-0.2, 0) is 0 Å². The van der Waals surface area contributed by atoms with Crippen molar-refractivity contribution < 1.29 is 0 Å². The van der Waals surface area contributed by atoms with E-state index in [1.165, 1.54) is 23.6 Å². The van der Waals surface area contributed by atoms with E-state index in [2.05, 4.69) is 45.5 Å². The van der Waals surface area contributed by atoms with Crippen LogP contribution in [0.3, 0.4) is 0 Å². The SMILES string of the molecule is CCNCC1CCCN1c1nncc2ccccc12. The molecule has 0 amide bonds. The number of aromatic nitrogens is 2. The first-order valence-electron chi connectivity index (χ1n) is 7.08. The number of rotatable bonds is 4. The molecule has 1 aliphatic heterocycles. The fourth-order valence-corrected chi connectivity index (χ4v) is 2.86. The standard InChI is InChI=1S/C15H20N4/c1-2-16-11-13-7-5-9-19(13)15-14-8-4-3-6-12(14)10-17-18-15/h3-4,6,8,10,13,16H,2,5,7,9,11H2,1H3. The summed E-state index contributed by atoms with van der Waals surface area (Å²) in [6.45, 7) is 5.28. The second-order valence-electron chi connectivity index (χ2n) is 5.05. The normalized spacial score (nSPS) is 19.2. The average molecular weight is 256 g/mol. The monoisotopic (exact) mass is 256 g/mol. The van der Waals surface area contributed by atoms with Crippen LogP contribution in [0, 0.1) is 0 Å². The number of fused-ring (bicyclic) bond motifs is 1. The fourth-order valence-electron chi connectivity index (χ4n) is 2.86. The maximum atomic E-state index is 4.40. The first-order valence-corrected chi connectivity index (χ1v) is 7.08. The number of anilines is 1. The van der Waals surface area contributed by atoms with E-state index in [9.17, 15) is 0 Å². The minimum Gasteiger partial charge on any atom is -0.350 e. The number of hydrogen-bond donors (Lipinski definition) is 1. The minimum atomic E-state index is 0.542. The highest BCUT2D eigenvalue weighted by atomic mass is 15.3. The highest BCUT2D eigenvalue weighted by molar-refractivity contribution is 5.91. The van der Waals surface area contributed by atoms with Gasteiger partial charge in [-0.3, -0.25) is 0 Å². The summed E-state index contributed by atoms with van der Waals surface area (Å²) in [5.41, 5.74) is 0. The quantitative estimate of drug-likeness (QED) is 0.910. The van der Waals surface area contributed by atoms with E-state index in [0.717, 1.165) is 25.5 Å². The molecule has 1 N–H and O–H groups in total. The summed E-state index contributed by atoms with van der Waals surface area (Å²) >= 11 is 0. The van der Waals surface area contributed by atoms with Gasteiger partial charge in [-0.2, -0.15) is 5.10 Å². The molecule has 1 aromatic heterocycles. The third-order valence-corrected chi connectivity index (χ3v) is 3.83. The summed E-state index contributed by atoms with van der Waals surface area (Å²) in [7, 11) is 0. The lowest BCUT2D eigenvalue weighted by Gasteiger charge is -2.26. The van der Waals surface area contributed by atoms with Gasteiger partial charge in [0.2, 0.25) is 0 Å². The van der Waals surface area contributed by atoms with Crippen LogP contribution in [-0.4, -0.2) is 35.9 Å². The molecule has 1 unspecified atom stereocenters. The Morgan fingerprint density at radius 1 is 1.37 bits per heavy atom. The molecule has 1 atom stereocenters. The molecule has 4 nitrogen and oxygen atoms in total. The van der Waals surface area contributed by atoms with E-state index in [-0.39, 0.29) is 0 Å². The molecule has 1 saturated heterocycles. The lowest BCUT2D eigenvalue weighted by Crippen LogP contribution is -2.38. The zero-order chi connectivity index (χ0) is 13.1. The Labute approximate surface area is 113 Å². The van der Waals surface area contributed by atoms with Gasteiger partial charge in [0.05, 0.1) is 6.20 Å². The summed E-state index contributed by atoms with van der Waals surface area (Å²) in [4.78, 5) is 2.41. The molecule has 2 aromatic rings. The Balaban J connectivity index is 1.94. The summed E-state index contributed by atoms with van der Waals surface area (Å²) in [5, 5.41) is 14.4. The third-order valence-electron chi connectivity index (χ3n) is 3.83. The van der Waals surface area contributed by atoms with Crippen molar-refractivity contribution in [1.29, 1.82) is 0 Å². The molecule has 1 aromatic carbocycles. The second-order valence-corrected chi connectivity index (χ2v) is 5.05. The van der Waals surface area contributed by atoms with Gasteiger partial charge in [0.25, 0.3) is 0 Å². The molecule has 1 aliphatic rings. The highest BCUT2D eigenvalue weighted by Gasteiger charge is 2.26.